The summed E-state index contributed by atoms with van der Waals surface area (Å²) in [5.74, 6) is -0.555. The predicted molar refractivity (Wildman–Crippen MR) is 63.1 cm³/mol. The zero-order valence-corrected chi connectivity index (χ0v) is 10.8. The van der Waals surface area contributed by atoms with Gasteiger partial charge in [-0.1, -0.05) is 17.7 Å². The van der Waals surface area contributed by atoms with Crippen molar-refractivity contribution in [3.05, 3.63) is 33.0 Å². The Balaban J connectivity index is 2.43. The molecule has 1 heterocycles. The maximum atomic E-state index is 13.9. The van der Waals surface area contributed by atoms with Crippen LogP contribution in [0, 0.1) is 5.82 Å². The fraction of sp³-hybridized carbons (Fsp3) is 0.455. The summed E-state index contributed by atoms with van der Waals surface area (Å²) in [6, 6.07) is 3.21. The van der Waals surface area contributed by atoms with Gasteiger partial charge in [-0.25, -0.2) is 4.39 Å². The molecule has 2 nitrogen and oxygen atoms in total. The number of benzene rings is 1. The van der Waals surface area contributed by atoms with Gasteiger partial charge < -0.3 is 9.84 Å². The van der Waals surface area contributed by atoms with Gasteiger partial charge in [-0.05, 0) is 22.0 Å². The molecule has 1 aliphatic rings. The normalized spacial score (nSPS) is 19.8. The molecule has 0 atom stereocenters. The van der Waals surface area contributed by atoms with Crippen molar-refractivity contribution < 1.29 is 14.2 Å². The molecule has 0 aromatic heterocycles. The second-order valence-corrected chi connectivity index (χ2v) is 5.10. The van der Waals surface area contributed by atoms with Crippen molar-refractivity contribution in [1.82, 2.24) is 0 Å². The van der Waals surface area contributed by atoms with Crippen molar-refractivity contribution in [2.45, 2.75) is 18.4 Å². The van der Waals surface area contributed by atoms with Gasteiger partial charge in [0, 0.05) is 36.1 Å². The van der Waals surface area contributed by atoms with E-state index in [0.29, 0.717) is 30.5 Å². The standard InChI is InChI=1S/C11H11BrClFO2/c12-8-2-1-7(10(14)9(8)13)11(15)3-5-16-6-4-11/h1-2,15H,3-6H2. The van der Waals surface area contributed by atoms with Gasteiger partial charge in [0.25, 0.3) is 0 Å². The minimum atomic E-state index is -1.16. The molecule has 0 radical (unpaired) electrons. The number of hydrogen-bond donors (Lipinski definition) is 1. The zero-order chi connectivity index (χ0) is 11.8. The van der Waals surface area contributed by atoms with E-state index in [9.17, 15) is 9.50 Å². The monoisotopic (exact) mass is 308 g/mol. The molecule has 5 heteroatoms. The molecule has 0 saturated carbocycles. The molecule has 0 spiro atoms. The van der Waals surface area contributed by atoms with Crippen LogP contribution < -0.4 is 0 Å². The van der Waals surface area contributed by atoms with Crippen LogP contribution in [0.2, 0.25) is 5.02 Å². The van der Waals surface area contributed by atoms with Crippen molar-refractivity contribution >= 4 is 27.5 Å². The van der Waals surface area contributed by atoms with Crippen molar-refractivity contribution in [3.8, 4) is 0 Å². The molecule has 1 N–H and O–H groups in total. The quantitative estimate of drug-likeness (QED) is 0.807. The number of aliphatic hydroxyl groups is 1. The average Bonchev–Trinajstić information content (AvgIpc) is 2.27. The highest BCUT2D eigenvalue weighted by atomic mass is 79.9. The third kappa shape index (κ3) is 2.12. The van der Waals surface area contributed by atoms with Crippen molar-refractivity contribution in [1.29, 1.82) is 0 Å². The fourth-order valence-corrected chi connectivity index (χ4v) is 2.33. The maximum Gasteiger partial charge on any atom is 0.149 e. The smallest absolute Gasteiger partial charge is 0.149 e. The van der Waals surface area contributed by atoms with Crippen LogP contribution in [0.25, 0.3) is 0 Å². The van der Waals surface area contributed by atoms with Gasteiger partial charge in [-0.15, -0.1) is 0 Å². The molecular weight excluding hydrogens is 298 g/mol. The Kier molecular flexibility index (Phi) is 3.54. The minimum absolute atomic E-state index is 0.0115. The predicted octanol–water partition coefficient (Wildman–Crippen LogP) is 3.24. The molecule has 88 valence electrons. The zero-order valence-electron chi connectivity index (χ0n) is 8.47. The topological polar surface area (TPSA) is 29.5 Å². The minimum Gasteiger partial charge on any atom is -0.385 e. The molecule has 0 unspecified atom stereocenters. The van der Waals surface area contributed by atoms with Gasteiger partial charge in [-0.3, -0.25) is 0 Å². The lowest BCUT2D eigenvalue weighted by Crippen LogP contribution is -2.34. The number of rotatable bonds is 1. The molecule has 0 amide bonds. The molecule has 0 bridgehead atoms. The van der Waals surface area contributed by atoms with Crippen LogP contribution in [0.15, 0.2) is 16.6 Å². The molecule has 2 rings (SSSR count). The van der Waals surface area contributed by atoms with Crippen LogP contribution in [0.4, 0.5) is 4.39 Å². The van der Waals surface area contributed by atoms with E-state index in [2.05, 4.69) is 15.9 Å². The summed E-state index contributed by atoms with van der Waals surface area (Å²) < 4.78 is 19.6. The number of halogens is 3. The van der Waals surface area contributed by atoms with Crippen LogP contribution in [0.3, 0.4) is 0 Å². The Bertz CT molecular complexity index is 405. The first-order valence-electron chi connectivity index (χ1n) is 4.99. The van der Waals surface area contributed by atoms with E-state index < -0.39 is 11.4 Å². The summed E-state index contributed by atoms with van der Waals surface area (Å²) in [5, 5.41) is 10.4. The van der Waals surface area contributed by atoms with Crippen molar-refractivity contribution in [2.75, 3.05) is 13.2 Å². The largest absolute Gasteiger partial charge is 0.385 e. The highest BCUT2D eigenvalue weighted by molar-refractivity contribution is 9.10. The van der Waals surface area contributed by atoms with E-state index in [1.54, 1.807) is 12.1 Å². The van der Waals surface area contributed by atoms with Crippen LogP contribution >= 0.6 is 27.5 Å². The molecule has 1 aromatic rings. The Morgan fingerprint density at radius 2 is 2.00 bits per heavy atom. The third-order valence-electron chi connectivity index (χ3n) is 2.86. The summed E-state index contributed by atoms with van der Waals surface area (Å²) in [6.07, 6.45) is 0.782. The summed E-state index contributed by atoms with van der Waals surface area (Å²) in [6.45, 7) is 0.868. The number of hydrogen-bond acceptors (Lipinski definition) is 2. The van der Waals surface area contributed by atoms with Crippen LogP contribution in [0.1, 0.15) is 18.4 Å². The van der Waals surface area contributed by atoms with Crippen LogP contribution in [-0.2, 0) is 10.3 Å². The first-order chi connectivity index (χ1) is 7.54. The fourth-order valence-electron chi connectivity index (χ4n) is 1.86. The van der Waals surface area contributed by atoms with Crippen LogP contribution in [-0.4, -0.2) is 18.3 Å². The second-order valence-electron chi connectivity index (χ2n) is 3.87. The first-order valence-corrected chi connectivity index (χ1v) is 6.16. The van der Waals surface area contributed by atoms with E-state index in [0.717, 1.165) is 0 Å². The number of ether oxygens (including phenoxy) is 1. The highest BCUT2D eigenvalue weighted by Gasteiger charge is 2.35. The summed E-state index contributed by atoms with van der Waals surface area (Å²) >= 11 is 8.94. The Hall–Kier alpha value is -0.160. The maximum absolute atomic E-state index is 13.9. The summed E-state index contributed by atoms with van der Waals surface area (Å²) in [4.78, 5) is 0. The molecular formula is C11H11BrClFO2. The van der Waals surface area contributed by atoms with Gasteiger partial charge in [0.1, 0.15) is 5.82 Å². The lowest BCUT2D eigenvalue weighted by atomic mass is 9.86. The van der Waals surface area contributed by atoms with Gasteiger partial charge >= 0.3 is 0 Å². The summed E-state index contributed by atoms with van der Waals surface area (Å²) in [7, 11) is 0. The molecule has 1 fully saturated rings. The lowest BCUT2D eigenvalue weighted by Gasteiger charge is -2.32. The molecule has 0 aliphatic carbocycles. The Morgan fingerprint density at radius 3 is 2.62 bits per heavy atom. The third-order valence-corrected chi connectivity index (χ3v) is 4.12. The Labute approximate surface area is 106 Å². The first kappa shape index (κ1) is 12.3. The SMILES string of the molecule is OC1(c2ccc(Br)c(Cl)c2F)CCOCC1. The van der Waals surface area contributed by atoms with Crippen molar-refractivity contribution in [2.24, 2.45) is 0 Å². The molecule has 1 saturated heterocycles. The highest BCUT2D eigenvalue weighted by Crippen LogP contribution is 2.37. The van der Waals surface area contributed by atoms with Crippen LogP contribution in [0.5, 0.6) is 0 Å². The molecule has 1 aliphatic heterocycles. The molecule has 1 aromatic carbocycles. The van der Waals surface area contributed by atoms with E-state index in [1.165, 1.54) is 0 Å². The van der Waals surface area contributed by atoms with E-state index in [-0.39, 0.29) is 10.6 Å². The van der Waals surface area contributed by atoms with E-state index in [4.69, 9.17) is 16.3 Å². The van der Waals surface area contributed by atoms with Crippen molar-refractivity contribution in [3.63, 3.8) is 0 Å². The van der Waals surface area contributed by atoms with Gasteiger partial charge in [0.05, 0.1) is 10.6 Å². The van der Waals surface area contributed by atoms with Gasteiger partial charge in [0.2, 0.25) is 0 Å². The average molecular weight is 310 g/mol. The molecule has 16 heavy (non-hydrogen) atoms. The summed E-state index contributed by atoms with van der Waals surface area (Å²) in [5.41, 5.74) is -0.906. The van der Waals surface area contributed by atoms with E-state index >= 15 is 0 Å². The Morgan fingerprint density at radius 1 is 1.38 bits per heavy atom. The van der Waals surface area contributed by atoms with Gasteiger partial charge in [-0.2, -0.15) is 0 Å². The van der Waals surface area contributed by atoms with E-state index in [1.807, 2.05) is 0 Å². The second kappa shape index (κ2) is 4.61. The lowest BCUT2D eigenvalue weighted by molar-refractivity contribution is -0.0697. The van der Waals surface area contributed by atoms with Gasteiger partial charge in [0.15, 0.2) is 0 Å².